The van der Waals surface area contributed by atoms with Gasteiger partial charge in [-0.05, 0) is 31.5 Å². The number of hydrogen-bond acceptors (Lipinski definition) is 5. The van der Waals surface area contributed by atoms with E-state index in [1.54, 1.807) is 30.5 Å². The Balaban J connectivity index is 1.75. The highest BCUT2D eigenvalue weighted by molar-refractivity contribution is 6.07. The molecular formula is C21H21F2N3O3. The number of amides is 1. The second-order valence-electron chi connectivity index (χ2n) is 6.58. The number of aromatic nitrogens is 1. The molecule has 0 spiro atoms. The van der Waals surface area contributed by atoms with Gasteiger partial charge in [0.2, 0.25) is 0 Å². The molecule has 0 bridgehead atoms. The van der Waals surface area contributed by atoms with Crippen molar-refractivity contribution < 1.29 is 23.1 Å². The minimum Gasteiger partial charge on any atom is -0.382 e. The Labute approximate surface area is 167 Å². The van der Waals surface area contributed by atoms with E-state index in [0.717, 1.165) is 5.39 Å². The molecule has 0 saturated heterocycles. The molecule has 1 unspecified atom stereocenters. The van der Waals surface area contributed by atoms with E-state index >= 15 is 0 Å². The van der Waals surface area contributed by atoms with Crippen LogP contribution in [0.2, 0.25) is 0 Å². The van der Waals surface area contributed by atoms with Crippen molar-refractivity contribution in [2.24, 2.45) is 5.16 Å². The summed E-state index contributed by atoms with van der Waals surface area (Å²) in [7, 11) is 0. The third-order valence-electron chi connectivity index (χ3n) is 4.62. The Morgan fingerprint density at radius 1 is 1.45 bits per heavy atom. The summed E-state index contributed by atoms with van der Waals surface area (Å²) < 4.78 is 32.8. The lowest BCUT2D eigenvalue weighted by molar-refractivity contribution is -0.165. The molecule has 1 aliphatic heterocycles. The van der Waals surface area contributed by atoms with Crippen LogP contribution in [0.15, 0.2) is 35.6 Å². The van der Waals surface area contributed by atoms with E-state index in [-0.39, 0.29) is 18.7 Å². The third-order valence-corrected chi connectivity index (χ3v) is 4.62. The highest BCUT2D eigenvalue weighted by Gasteiger charge is 2.54. The minimum absolute atomic E-state index is 0.211. The van der Waals surface area contributed by atoms with Gasteiger partial charge in [-0.1, -0.05) is 17.1 Å². The van der Waals surface area contributed by atoms with E-state index in [4.69, 9.17) is 16.0 Å². The largest absolute Gasteiger partial charge is 0.382 e. The number of carbonyl (C=O) groups is 1. The van der Waals surface area contributed by atoms with Crippen LogP contribution >= 0.6 is 0 Å². The summed E-state index contributed by atoms with van der Waals surface area (Å²) in [6, 6.07) is 6.96. The molecule has 0 saturated carbocycles. The van der Waals surface area contributed by atoms with Gasteiger partial charge in [0.1, 0.15) is 0 Å². The molecule has 8 heteroatoms. The number of carbonyl (C=O) groups excluding carboxylic acids is 1. The Morgan fingerprint density at radius 2 is 2.28 bits per heavy atom. The Bertz CT molecular complexity index is 971. The van der Waals surface area contributed by atoms with Crippen LogP contribution in [0.4, 0.5) is 8.78 Å². The number of terminal acetylenes is 1. The molecule has 0 radical (unpaired) electrons. The van der Waals surface area contributed by atoms with Gasteiger partial charge in [-0.15, -0.1) is 6.42 Å². The number of pyridine rings is 1. The van der Waals surface area contributed by atoms with Crippen LogP contribution in [-0.4, -0.2) is 48.4 Å². The molecule has 3 rings (SSSR count). The summed E-state index contributed by atoms with van der Waals surface area (Å²) in [4.78, 5) is 21.7. The average Bonchev–Trinajstić information content (AvgIpc) is 3.19. The van der Waals surface area contributed by atoms with Crippen LogP contribution in [0.3, 0.4) is 0 Å². The van der Waals surface area contributed by atoms with Gasteiger partial charge in [0.15, 0.2) is 0 Å². The number of alkyl halides is 2. The molecule has 0 aliphatic carbocycles. The van der Waals surface area contributed by atoms with Crippen molar-refractivity contribution in [2.75, 3.05) is 19.8 Å². The van der Waals surface area contributed by atoms with Gasteiger partial charge >= 0.3 is 0 Å². The zero-order valence-corrected chi connectivity index (χ0v) is 16.0. The van der Waals surface area contributed by atoms with Gasteiger partial charge < -0.3 is 14.9 Å². The van der Waals surface area contributed by atoms with Crippen molar-refractivity contribution in [3.63, 3.8) is 0 Å². The molecule has 29 heavy (non-hydrogen) atoms. The van der Waals surface area contributed by atoms with Gasteiger partial charge in [-0.25, -0.2) is 8.78 Å². The van der Waals surface area contributed by atoms with Crippen LogP contribution in [0, 0.1) is 12.3 Å². The van der Waals surface area contributed by atoms with Gasteiger partial charge in [-0.3, -0.25) is 9.78 Å². The fourth-order valence-corrected chi connectivity index (χ4v) is 3.00. The number of nitrogens with one attached hydrogen (secondary N) is 1. The number of ether oxygens (including phenoxy) is 1. The number of benzene rings is 1. The molecule has 1 aromatic heterocycles. The summed E-state index contributed by atoms with van der Waals surface area (Å²) in [5.74, 6) is 1.62. The van der Waals surface area contributed by atoms with E-state index < -0.39 is 17.9 Å². The van der Waals surface area contributed by atoms with Crippen molar-refractivity contribution >= 4 is 22.5 Å². The summed E-state index contributed by atoms with van der Waals surface area (Å²) in [5.41, 5.74) is -0.190. The SMILES string of the molecule is C#Cc1cnc2ccc(C3=NOC(C(=O)NCCCOCC)(C(F)F)C3)cc2c1. The first-order valence-corrected chi connectivity index (χ1v) is 9.26. The summed E-state index contributed by atoms with van der Waals surface area (Å²) in [6.45, 7) is 3.06. The monoisotopic (exact) mass is 401 g/mol. The number of oxime groups is 1. The second-order valence-corrected chi connectivity index (χ2v) is 6.58. The zero-order valence-electron chi connectivity index (χ0n) is 16.0. The van der Waals surface area contributed by atoms with E-state index in [2.05, 4.69) is 21.4 Å². The van der Waals surface area contributed by atoms with E-state index in [9.17, 15) is 13.6 Å². The van der Waals surface area contributed by atoms with Crippen molar-refractivity contribution in [1.29, 1.82) is 0 Å². The number of rotatable bonds is 8. The Hall–Kier alpha value is -3.05. The van der Waals surface area contributed by atoms with Gasteiger partial charge in [0, 0.05) is 42.5 Å². The molecule has 1 N–H and O–H groups in total. The Morgan fingerprint density at radius 3 is 3.00 bits per heavy atom. The molecule has 2 aromatic rings. The first kappa shape index (κ1) is 20.7. The first-order chi connectivity index (χ1) is 14.0. The number of nitrogens with zero attached hydrogens (tertiary/aromatic N) is 2. The third kappa shape index (κ3) is 4.35. The molecule has 152 valence electrons. The molecular weight excluding hydrogens is 380 g/mol. The van der Waals surface area contributed by atoms with Gasteiger partial charge in [-0.2, -0.15) is 0 Å². The molecule has 0 fully saturated rings. The molecule has 2 heterocycles. The van der Waals surface area contributed by atoms with E-state index in [1.807, 2.05) is 6.92 Å². The van der Waals surface area contributed by atoms with Crippen LogP contribution in [0.25, 0.3) is 10.9 Å². The summed E-state index contributed by atoms with van der Waals surface area (Å²) in [6.07, 6.45) is 4.12. The van der Waals surface area contributed by atoms with Crippen molar-refractivity contribution in [1.82, 2.24) is 10.3 Å². The maximum atomic E-state index is 13.8. The predicted molar refractivity (Wildman–Crippen MR) is 105 cm³/mol. The van der Waals surface area contributed by atoms with Crippen molar-refractivity contribution in [3.05, 3.63) is 41.6 Å². The lowest BCUT2D eigenvalue weighted by Crippen LogP contribution is -2.52. The molecule has 1 amide bonds. The van der Waals surface area contributed by atoms with Crippen molar-refractivity contribution in [2.45, 2.75) is 31.8 Å². The van der Waals surface area contributed by atoms with E-state index in [0.29, 0.717) is 36.3 Å². The normalized spacial score (nSPS) is 18.4. The highest BCUT2D eigenvalue weighted by atomic mass is 19.3. The Kier molecular flexibility index (Phi) is 6.39. The van der Waals surface area contributed by atoms with Crippen LogP contribution in [-0.2, 0) is 14.4 Å². The van der Waals surface area contributed by atoms with Crippen molar-refractivity contribution in [3.8, 4) is 12.3 Å². The second kappa shape index (κ2) is 8.97. The summed E-state index contributed by atoms with van der Waals surface area (Å²) in [5, 5.41) is 7.04. The standard InChI is InChI=1S/C21H21F2N3O3/c1-3-14-10-16-11-15(6-7-17(16)25-13-14)18-12-21(19(22)23,29-26-18)20(27)24-8-5-9-28-4-2/h1,6-7,10-11,13,19H,4-5,8-9,12H2,2H3,(H,24,27). The van der Waals surface area contributed by atoms with Gasteiger partial charge in [0.05, 0.1) is 17.6 Å². The number of hydrogen-bond donors (Lipinski definition) is 1. The highest BCUT2D eigenvalue weighted by Crippen LogP contribution is 2.33. The van der Waals surface area contributed by atoms with Gasteiger partial charge in [0.25, 0.3) is 17.9 Å². The fraction of sp³-hybridized carbons (Fsp3) is 0.381. The minimum atomic E-state index is -3.04. The predicted octanol–water partition coefficient (Wildman–Crippen LogP) is 2.89. The molecule has 6 nitrogen and oxygen atoms in total. The fourth-order valence-electron chi connectivity index (χ4n) is 3.00. The average molecular weight is 401 g/mol. The molecule has 1 aromatic carbocycles. The topological polar surface area (TPSA) is 72.8 Å². The zero-order chi connectivity index (χ0) is 20.9. The number of fused-ring (bicyclic) bond motifs is 1. The first-order valence-electron chi connectivity index (χ1n) is 9.26. The lowest BCUT2D eigenvalue weighted by Gasteiger charge is -2.24. The van der Waals surface area contributed by atoms with Crippen LogP contribution < -0.4 is 5.32 Å². The molecule has 1 atom stereocenters. The van der Waals surface area contributed by atoms with Crippen LogP contribution in [0.5, 0.6) is 0 Å². The quantitative estimate of drug-likeness (QED) is 0.545. The summed E-state index contributed by atoms with van der Waals surface area (Å²) >= 11 is 0. The molecule has 1 aliphatic rings. The van der Waals surface area contributed by atoms with E-state index in [1.165, 1.54) is 0 Å². The lowest BCUT2D eigenvalue weighted by atomic mass is 9.93. The maximum Gasteiger partial charge on any atom is 0.289 e. The smallest absolute Gasteiger partial charge is 0.289 e. The van der Waals surface area contributed by atoms with Crippen LogP contribution in [0.1, 0.15) is 30.9 Å². The number of halogens is 2. The maximum absolute atomic E-state index is 13.8.